The minimum Gasteiger partial charge on any atom is -0.399 e. The summed E-state index contributed by atoms with van der Waals surface area (Å²) in [5.74, 6) is -0.121. The largest absolute Gasteiger partial charge is 0.399 e. The van der Waals surface area contributed by atoms with Gasteiger partial charge in [0, 0.05) is 22.8 Å². The number of benzene rings is 1. The van der Waals surface area contributed by atoms with E-state index in [2.05, 4.69) is 10.3 Å². The summed E-state index contributed by atoms with van der Waals surface area (Å²) in [4.78, 5) is 16.3. The Balaban J connectivity index is 2.11. The molecule has 1 aromatic carbocycles. The normalized spacial score (nSPS) is 12.1. The molecule has 1 aromatic heterocycles. The van der Waals surface area contributed by atoms with Gasteiger partial charge in [-0.15, -0.1) is 11.3 Å². The minimum absolute atomic E-state index is 0.0427. The summed E-state index contributed by atoms with van der Waals surface area (Å²) in [6.45, 7) is 2.02. The van der Waals surface area contributed by atoms with Crippen LogP contribution in [0.15, 0.2) is 35.8 Å². The van der Waals surface area contributed by atoms with E-state index in [-0.39, 0.29) is 11.9 Å². The van der Waals surface area contributed by atoms with Crippen molar-refractivity contribution in [3.05, 3.63) is 46.4 Å². The average molecular weight is 261 g/mol. The summed E-state index contributed by atoms with van der Waals surface area (Å²) in [5, 5.41) is 5.80. The second-order valence-electron chi connectivity index (χ2n) is 3.93. The highest BCUT2D eigenvalue weighted by molar-refractivity contribution is 7.09. The molecule has 4 nitrogen and oxygen atoms in total. The molecule has 1 amide bonds. The minimum atomic E-state index is -0.121. The van der Waals surface area contributed by atoms with E-state index in [1.165, 1.54) is 0 Å². The zero-order valence-electron chi connectivity index (χ0n) is 10.1. The molecule has 0 spiro atoms. The van der Waals surface area contributed by atoms with Crippen LogP contribution in [0.5, 0.6) is 0 Å². The van der Waals surface area contributed by atoms with Gasteiger partial charge in [0.1, 0.15) is 5.01 Å². The highest BCUT2D eigenvalue weighted by Gasteiger charge is 2.15. The Bertz CT molecular complexity index is 525. The first-order valence-corrected chi connectivity index (χ1v) is 6.64. The molecule has 2 rings (SSSR count). The van der Waals surface area contributed by atoms with Crippen molar-refractivity contribution in [1.82, 2.24) is 10.3 Å². The van der Waals surface area contributed by atoms with Crippen LogP contribution >= 0.6 is 11.3 Å². The fraction of sp³-hybridized carbons (Fsp3) is 0.231. The van der Waals surface area contributed by atoms with E-state index < -0.39 is 0 Å². The van der Waals surface area contributed by atoms with Crippen molar-refractivity contribution in [2.75, 3.05) is 5.73 Å². The molecule has 5 heteroatoms. The summed E-state index contributed by atoms with van der Waals surface area (Å²) >= 11 is 1.55. The van der Waals surface area contributed by atoms with Gasteiger partial charge in [-0.25, -0.2) is 4.98 Å². The number of nitrogen functional groups attached to an aromatic ring is 1. The molecular weight excluding hydrogens is 246 g/mol. The number of hydrogen-bond donors (Lipinski definition) is 2. The Morgan fingerprint density at radius 1 is 1.56 bits per heavy atom. The Morgan fingerprint density at radius 2 is 2.39 bits per heavy atom. The summed E-state index contributed by atoms with van der Waals surface area (Å²) in [7, 11) is 0. The van der Waals surface area contributed by atoms with Crippen molar-refractivity contribution < 1.29 is 4.79 Å². The van der Waals surface area contributed by atoms with Crippen LogP contribution in [-0.2, 0) is 0 Å². The maximum absolute atomic E-state index is 12.1. The van der Waals surface area contributed by atoms with Gasteiger partial charge >= 0.3 is 0 Å². The second-order valence-corrected chi connectivity index (χ2v) is 4.86. The summed E-state index contributed by atoms with van der Waals surface area (Å²) in [5.41, 5.74) is 6.83. The van der Waals surface area contributed by atoms with Crippen LogP contribution < -0.4 is 11.1 Å². The molecule has 94 valence electrons. The van der Waals surface area contributed by atoms with Crippen LogP contribution in [-0.4, -0.2) is 10.9 Å². The van der Waals surface area contributed by atoms with E-state index in [1.807, 2.05) is 12.3 Å². The molecule has 0 fully saturated rings. The number of thiazole rings is 1. The van der Waals surface area contributed by atoms with Gasteiger partial charge < -0.3 is 11.1 Å². The average Bonchev–Trinajstić information content (AvgIpc) is 2.89. The van der Waals surface area contributed by atoms with Crippen LogP contribution in [0, 0.1) is 0 Å². The summed E-state index contributed by atoms with van der Waals surface area (Å²) in [6, 6.07) is 6.91. The number of carbonyl (C=O) groups excluding carboxylic acids is 1. The number of hydrogen-bond acceptors (Lipinski definition) is 4. The molecule has 18 heavy (non-hydrogen) atoms. The number of nitrogens with zero attached hydrogens (tertiary/aromatic N) is 1. The first-order valence-electron chi connectivity index (χ1n) is 5.76. The number of rotatable bonds is 4. The van der Waals surface area contributed by atoms with Gasteiger partial charge in [0.05, 0.1) is 6.04 Å². The first-order chi connectivity index (χ1) is 8.70. The molecule has 0 bridgehead atoms. The highest BCUT2D eigenvalue weighted by atomic mass is 32.1. The molecule has 0 saturated heterocycles. The summed E-state index contributed by atoms with van der Waals surface area (Å²) < 4.78 is 0. The second kappa shape index (κ2) is 5.64. The van der Waals surface area contributed by atoms with Gasteiger partial charge in [0.15, 0.2) is 0 Å². The van der Waals surface area contributed by atoms with Crippen LogP contribution in [0.2, 0.25) is 0 Å². The lowest BCUT2D eigenvalue weighted by Crippen LogP contribution is -2.28. The number of anilines is 1. The molecule has 1 atom stereocenters. The Hall–Kier alpha value is -1.88. The molecule has 1 heterocycles. The van der Waals surface area contributed by atoms with E-state index in [0.29, 0.717) is 11.3 Å². The molecule has 0 saturated carbocycles. The quantitative estimate of drug-likeness (QED) is 0.831. The van der Waals surface area contributed by atoms with Gasteiger partial charge in [0.2, 0.25) is 0 Å². The van der Waals surface area contributed by atoms with Crippen LogP contribution in [0.3, 0.4) is 0 Å². The van der Waals surface area contributed by atoms with E-state index in [4.69, 9.17) is 5.73 Å². The van der Waals surface area contributed by atoms with Crippen molar-refractivity contribution in [2.24, 2.45) is 0 Å². The Labute approximate surface area is 110 Å². The highest BCUT2D eigenvalue weighted by Crippen LogP contribution is 2.19. The molecule has 0 aliphatic heterocycles. The van der Waals surface area contributed by atoms with Gasteiger partial charge in [-0.05, 0) is 24.6 Å². The number of nitrogens with two attached hydrogens (primary N) is 1. The van der Waals surface area contributed by atoms with Crippen LogP contribution in [0.4, 0.5) is 5.69 Å². The van der Waals surface area contributed by atoms with Gasteiger partial charge in [0.25, 0.3) is 5.91 Å². The number of aromatic nitrogens is 1. The van der Waals surface area contributed by atoms with Gasteiger partial charge in [-0.2, -0.15) is 0 Å². The SMILES string of the molecule is CCC(NC(=O)c1cccc(N)c1)c1nccs1. The lowest BCUT2D eigenvalue weighted by molar-refractivity contribution is 0.0935. The predicted molar refractivity (Wildman–Crippen MR) is 73.5 cm³/mol. The molecule has 0 aliphatic rings. The third-order valence-corrected chi connectivity index (χ3v) is 3.50. The zero-order valence-corrected chi connectivity index (χ0v) is 10.9. The van der Waals surface area contributed by atoms with Crippen molar-refractivity contribution in [3.63, 3.8) is 0 Å². The van der Waals surface area contributed by atoms with Crippen LogP contribution in [0.25, 0.3) is 0 Å². The number of amides is 1. The summed E-state index contributed by atoms with van der Waals surface area (Å²) in [6.07, 6.45) is 2.55. The molecule has 2 aromatic rings. The maximum atomic E-state index is 12.1. The number of nitrogens with one attached hydrogen (secondary N) is 1. The zero-order chi connectivity index (χ0) is 13.0. The molecule has 0 radical (unpaired) electrons. The Morgan fingerprint density at radius 3 is 3.00 bits per heavy atom. The van der Waals surface area contributed by atoms with E-state index in [1.54, 1.807) is 41.8 Å². The molecule has 1 unspecified atom stereocenters. The maximum Gasteiger partial charge on any atom is 0.251 e. The lowest BCUT2D eigenvalue weighted by atomic mass is 10.1. The van der Waals surface area contributed by atoms with Gasteiger partial charge in [-0.1, -0.05) is 13.0 Å². The van der Waals surface area contributed by atoms with Crippen molar-refractivity contribution in [3.8, 4) is 0 Å². The third kappa shape index (κ3) is 2.87. The number of carbonyl (C=O) groups is 1. The smallest absolute Gasteiger partial charge is 0.251 e. The van der Waals surface area contributed by atoms with Crippen molar-refractivity contribution >= 4 is 22.9 Å². The van der Waals surface area contributed by atoms with Crippen LogP contribution in [0.1, 0.15) is 34.8 Å². The molecule has 3 N–H and O–H groups in total. The first kappa shape index (κ1) is 12.6. The van der Waals surface area contributed by atoms with E-state index in [0.717, 1.165) is 11.4 Å². The third-order valence-electron chi connectivity index (χ3n) is 2.61. The van der Waals surface area contributed by atoms with E-state index in [9.17, 15) is 4.79 Å². The van der Waals surface area contributed by atoms with E-state index >= 15 is 0 Å². The van der Waals surface area contributed by atoms with Gasteiger partial charge in [-0.3, -0.25) is 4.79 Å². The monoisotopic (exact) mass is 261 g/mol. The fourth-order valence-corrected chi connectivity index (χ4v) is 2.44. The van der Waals surface area contributed by atoms with Crippen molar-refractivity contribution in [2.45, 2.75) is 19.4 Å². The van der Waals surface area contributed by atoms with Crippen molar-refractivity contribution in [1.29, 1.82) is 0 Å². The Kier molecular flexibility index (Phi) is 3.94. The fourth-order valence-electron chi connectivity index (χ4n) is 1.67. The predicted octanol–water partition coefficient (Wildman–Crippen LogP) is 2.61. The lowest BCUT2D eigenvalue weighted by Gasteiger charge is -2.14. The topological polar surface area (TPSA) is 68.0 Å². The molecular formula is C13H15N3OS. The molecule has 0 aliphatic carbocycles. The standard InChI is InChI=1S/C13H15N3OS/c1-2-11(13-15-6-7-18-13)16-12(17)9-4-3-5-10(14)8-9/h3-8,11H,2,14H2,1H3,(H,16,17).